The molecule has 6 heteroatoms. The van der Waals surface area contributed by atoms with Gasteiger partial charge in [0.15, 0.2) is 0 Å². The van der Waals surface area contributed by atoms with Crippen LogP contribution in [0.25, 0.3) is 0 Å². The Morgan fingerprint density at radius 3 is 2.00 bits per heavy atom. The highest BCUT2D eigenvalue weighted by atomic mass is 19.4. The highest BCUT2D eigenvalue weighted by Crippen LogP contribution is 2.30. The fourth-order valence-electron chi connectivity index (χ4n) is 2.55. The summed E-state index contributed by atoms with van der Waals surface area (Å²) in [6, 6.07) is 22.0. The van der Waals surface area contributed by atoms with Gasteiger partial charge >= 0.3 is 6.18 Å². The second-order valence-corrected chi connectivity index (χ2v) is 6.09. The van der Waals surface area contributed by atoms with Gasteiger partial charge in [-0.15, -0.1) is 0 Å². The van der Waals surface area contributed by atoms with Crippen LogP contribution in [-0.2, 0) is 12.7 Å². The van der Waals surface area contributed by atoms with Crippen molar-refractivity contribution in [1.82, 2.24) is 0 Å². The van der Waals surface area contributed by atoms with Crippen LogP contribution in [-0.4, -0.2) is 13.2 Å². The van der Waals surface area contributed by atoms with Gasteiger partial charge in [-0.25, -0.2) is 0 Å². The third-order valence-electron chi connectivity index (χ3n) is 3.97. The van der Waals surface area contributed by atoms with Crippen LogP contribution in [0.2, 0.25) is 0 Å². The molecule has 0 unspecified atom stereocenters. The Hall–Kier alpha value is -3.15. The van der Waals surface area contributed by atoms with Crippen molar-refractivity contribution in [3.05, 3.63) is 90.0 Å². The van der Waals surface area contributed by atoms with Gasteiger partial charge in [-0.05, 0) is 48.0 Å². The molecular formula is C22H20F3NO2. The topological polar surface area (TPSA) is 30.5 Å². The number of ether oxygens (including phenoxy) is 2. The second-order valence-electron chi connectivity index (χ2n) is 6.09. The molecule has 3 rings (SSSR count). The number of nitrogens with one attached hydrogen (secondary N) is 1. The zero-order valence-corrected chi connectivity index (χ0v) is 15.1. The van der Waals surface area contributed by atoms with E-state index in [-0.39, 0.29) is 0 Å². The van der Waals surface area contributed by atoms with E-state index in [4.69, 9.17) is 9.47 Å². The van der Waals surface area contributed by atoms with Gasteiger partial charge in [0.1, 0.15) is 24.7 Å². The fraction of sp³-hybridized carbons (Fsp3) is 0.182. The van der Waals surface area contributed by atoms with Crippen LogP contribution in [0.5, 0.6) is 11.5 Å². The smallest absolute Gasteiger partial charge is 0.416 e. The first kappa shape index (κ1) is 19.6. The van der Waals surface area contributed by atoms with Crippen molar-refractivity contribution in [3.8, 4) is 11.5 Å². The van der Waals surface area contributed by atoms with Gasteiger partial charge in [0.25, 0.3) is 0 Å². The van der Waals surface area contributed by atoms with E-state index >= 15 is 0 Å². The van der Waals surface area contributed by atoms with Crippen LogP contribution < -0.4 is 14.8 Å². The lowest BCUT2D eigenvalue weighted by atomic mass is 10.1. The molecule has 0 spiro atoms. The van der Waals surface area contributed by atoms with Gasteiger partial charge in [0.05, 0.1) is 5.56 Å². The molecule has 1 N–H and O–H groups in total. The zero-order chi connectivity index (χ0) is 19.8. The molecule has 28 heavy (non-hydrogen) atoms. The van der Waals surface area contributed by atoms with Crippen LogP contribution in [0.3, 0.4) is 0 Å². The molecule has 3 aromatic carbocycles. The quantitative estimate of drug-likeness (QED) is 0.498. The first-order chi connectivity index (χ1) is 13.5. The SMILES string of the molecule is FC(F)(F)c1cccc(NCc2ccc(OCCOc3ccccc3)cc2)c1. The molecule has 146 valence electrons. The Balaban J connectivity index is 1.44. The number of halogens is 3. The van der Waals surface area contributed by atoms with Crippen LogP contribution >= 0.6 is 0 Å². The minimum atomic E-state index is -4.35. The number of para-hydroxylation sites is 1. The minimum Gasteiger partial charge on any atom is -0.490 e. The maximum Gasteiger partial charge on any atom is 0.416 e. The number of rotatable bonds is 8. The summed E-state index contributed by atoms with van der Waals surface area (Å²) in [7, 11) is 0. The van der Waals surface area contributed by atoms with Gasteiger partial charge in [-0.2, -0.15) is 13.2 Å². The summed E-state index contributed by atoms with van der Waals surface area (Å²) < 4.78 is 49.4. The Kier molecular flexibility index (Phi) is 6.42. The van der Waals surface area contributed by atoms with Crippen molar-refractivity contribution in [3.63, 3.8) is 0 Å². The average molecular weight is 387 g/mol. The van der Waals surface area contributed by atoms with E-state index in [0.29, 0.717) is 31.2 Å². The Morgan fingerprint density at radius 1 is 0.714 bits per heavy atom. The summed E-state index contributed by atoms with van der Waals surface area (Å²) in [4.78, 5) is 0. The third kappa shape index (κ3) is 5.94. The van der Waals surface area contributed by atoms with Crippen molar-refractivity contribution in [2.45, 2.75) is 12.7 Å². The molecule has 0 aromatic heterocycles. The Morgan fingerprint density at radius 2 is 1.36 bits per heavy atom. The van der Waals surface area contributed by atoms with Crippen molar-refractivity contribution in [2.75, 3.05) is 18.5 Å². The maximum absolute atomic E-state index is 12.7. The minimum absolute atomic E-state index is 0.413. The molecule has 3 nitrogen and oxygen atoms in total. The number of hydrogen-bond acceptors (Lipinski definition) is 3. The lowest BCUT2D eigenvalue weighted by Gasteiger charge is -2.11. The Labute approximate surface area is 161 Å². The predicted octanol–water partition coefficient (Wildman–Crippen LogP) is 5.78. The summed E-state index contributed by atoms with van der Waals surface area (Å²) >= 11 is 0. The Bertz CT molecular complexity index is 865. The predicted molar refractivity (Wildman–Crippen MR) is 103 cm³/mol. The number of alkyl halides is 3. The molecule has 0 aliphatic rings. The monoisotopic (exact) mass is 387 g/mol. The number of hydrogen-bond donors (Lipinski definition) is 1. The molecule has 0 radical (unpaired) electrons. The van der Waals surface area contributed by atoms with Gasteiger partial charge in [-0.1, -0.05) is 36.4 Å². The standard InChI is InChI=1S/C22H20F3NO2/c23-22(24,25)18-5-4-6-19(15-18)26-16-17-9-11-21(12-10-17)28-14-13-27-20-7-2-1-3-8-20/h1-12,15,26H,13-14,16H2. The van der Waals surface area contributed by atoms with E-state index in [2.05, 4.69) is 5.32 Å². The maximum atomic E-state index is 12.7. The molecule has 0 aliphatic heterocycles. The highest BCUT2D eigenvalue weighted by Gasteiger charge is 2.30. The average Bonchev–Trinajstić information content (AvgIpc) is 2.71. The summed E-state index contributed by atoms with van der Waals surface area (Å²) in [5, 5.41) is 3.00. The largest absolute Gasteiger partial charge is 0.490 e. The van der Waals surface area contributed by atoms with Crippen LogP contribution in [0.4, 0.5) is 18.9 Å². The molecule has 0 saturated carbocycles. The van der Waals surface area contributed by atoms with E-state index < -0.39 is 11.7 Å². The van der Waals surface area contributed by atoms with Crippen LogP contribution in [0.15, 0.2) is 78.9 Å². The normalized spacial score (nSPS) is 11.1. The first-order valence-electron chi connectivity index (χ1n) is 8.81. The van der Waals surface area contributed by atoms with E-state index in [1.54, 1.807) is 6.07 Å². The van der Waals surface area contributed by atoms with E-state index in [1.165, 1.54) is 6.07 Å². The van der Waals surface area contributed by atoms with Gasteiger partial charge in [0.2, 0.25) is 0 Å². The number of anilines is 1. The summed E-state index contributed by atoms with van der Waals surface area (Å²) in [6.07, 6.45) is -4.35. The lowest BCUT2D eigenvalue weighted by molar-refractivity contribution is -0.137. The zero-order valence-electron chi connectivity index (χ0n) is 15.1. The van der Waals surface area contributed by atoms with Gasteiger partial charge in [0, 0.05) is 12.2 Å². The van der Waals surface area contributed by atoms with Crippen molar-refractivity contribution in [1.29, 1.82) is 0 Å². The van der Waals surface area contributed by atoms with Crippen molar-refractivity contribution in [2.24, 2.45) is 0 Å². The summed E-state index contributed by atoms with van der Waals surface area (Å²) in [5.41, 5.74) is 0.692. The van der Waals surface area contributed by atoms with Crippen molar-refractivity contribution >= 4 is 5.69 Å². The first-order valence-corrected chi connectivity index (χ1v) is 8.81. The van der Waals surface area contributed by atoms with E-state index in [1.807, 2.05) is 54.6 Å². The van der Waals surface area contributed by atoms with Crippen LogP contribution in [0.1, 0.15) is 11.1 Å². The summed E-state index contributed by atoms with van der Waals surface area (Å²) in [6.45, 7) is 1.26. The van der Waals surface area contributed by atoms with Gasteiger partial charge < -0.3 is 14.8 Å². The highest BCUT2D eigenvalue weighted by molar-refractivity contribution is 5.47. The molecule has 0 saturated heterocycles. The lowest BCUT2D eigenvalue weighted by Crippen LogP contribution is -2.09. The molecule has 0 atom stereocenters. The van der Waals surface area contributed by atoms with Crippen LogP contribution in [0, 0.1) is 0 Å². The van der Waals surface area contributed by atoms with E-state index in [0.717, 1.165) is 23.4 Å². The molecule has 0 amide bonds. The summed E-state index contributed by atoms with van der Waals surface area (Å²) in [5.74, 6) is 1.50. The van der Waals surface area contributed by atoms with Crippen molar-refractivity contribution < 1.29 is 22.6 Å². The molecule has 0 bridgehead atoms. The third-order valence-corrected chi connectivity index (χ3v) is 3.97. The molecular weight excluding hydrogens is 367 g/mol. The molecule has 0 aliphatic carbocycles. The molecule has 0 fully saturated rings. The molecule has 0 heterocycles. The molecule has 3 aromatic rings. The fourth-order valence-corrected chi connectivity index (χ4v) is 2.55. The van der Waals surface area contributed by atoms with Gasteiger partial charge in [-0.3, -0.25) is 0 Å². The second kappa shape index (κ2) is 9.17. The van der Waals surface area contributed by atoms with E-state index in [9.17, 15) is 13.2 Å². The number of benzene rings is 3.